The lowest BCUT2D eigenvalue weighted by Crippen LogP contribution is -2.54. The minimum Gasteiger partial charge on any atom is -0.400 e. The first-order valence-electron chi connectivity index (χ1n) is 5.25. The molecular formula is C9H15F3N4. The molecule has 7 heteroatoms. The van der Waals surface area contributed by atoms with E-state index < -0.39 is 12.3 Å². The van der Waals surface area contributed by atoms with Crippen LogP contribution in [0.1, 0.15) is 6.42 Å². The summed E-state index contributed by atoms with van der Waals surface area (Å²) in [6.45, 7) is 1.39. The first kappa shape index (κ1) is 11.5. The van der Waals surface area contributed by atoms with Gasteiger partial charge in [0.25, 0.3) is 0 Å². The lowest BCUT2D eigenvalue weighted by Gasteiger charge is -2.35. The molecule has 2 unspecified atom stereocenters. The summed E-state index contributed by atoms with van der Waals surface area (Å²) in [6.07, 6.45) is -3.61. The Labute approximate surface area is 91.7 Å². The standard InChI is InChI=1S/C9H15F3N4/c10-9(11,12)8-15-3-4-16(8)7-1-2-14-5-6(7)13/h5,7-8,14-15H,1-4,13H2. The van der Waals surface area contributed by atoms with Crippen LogP contribution in [0.3, 0.4) is 0 Å². The SMILES string of the molecule is NC1=CNCCC1N1CCNC1C(F)(F)F. The van der Waals surface area contributed by atoms with Crippen molar-refractivity contribution >= 4 is 0 Å². The average Bonchev–Trinajstić information content (AvgIpc) is 2.66. The highest BCUT2D eigenvalue weighted by Gasteiger charge is 2.48. The van der Waals surface area contributed by atoms with E-state index in [2.05, 4.69) is 10.6 Å². The van der Waals surface area contributed by atoms with E-state index in [0.29, 0.717) is 31.8 Å². The van der Waals surface area contributed by atoms with Crippen LogP contribution in [0.5, 0.6) is 0 Å². The fourth-order valence-electron chi connectivity index (χ4n) is 2.25. The topological polar surface area (TPSA) is 53.3 Å². The van der Waals surface area contributed by atoms with Crippen LogP contribution in [-0.2, 0) is 0 Å². The molecule has 0 amide bonds. The van der Waals surface area contributed by atoms with Gasteiger partial charge in [-0.1, -0.05) is 0 Å². The number of hydrogen-bond donors (Lipinski definition) is 3. The Balaban J connectivity index is 2.13. The van der Waals surface area contributed by atoms with Crippen molar-refractivity contribution in [2.45, 2.75) is 24.8 Å². The first-order valence-corrected chi connectivity index (χ1v) is 5.25. The Morgan fingerprint density at radius 1 is 1.38 bits per heavy atom. The predicted octanol–water partition coefficient (Wildman–Crippen LogP) is -0.0580. The van der Waals surface area contributed by atoms with Crippen molar-refractivity contribution in [3.05, 3.63) is 11.9 Å². The number of halogens is 3. The quantitative estimate of drug-likeness (QED) is 0.597. The van der Waals surface area contributed by atoms with Gasteiger partial charge in [-0.2, -0.15) is 13.2 Å². The third-order valence-electron chi connectivity index (χ3n) is 2.97. The molecule has 1 fully saturated rings. The van der Waals surface area contributed by atoms with Crippen molar-refractivity contribution in [2.24, 2.45) is 5.73 Å². The van der Waals surface area contributed by atoms with E-state index >= 15 is 0 Å². The van der Waals surface area contributed by atoms with Gasteiger partial charge in [-0.15, -0.1) is 0 Å². The maximum atomic E-state index is 12.7. The fraction of sp³-hybridized carbons (Fsp3) is 0.778. The van der Waals surface area contributed by atoms with Crippen molar-refractivity contribution < 1.29 is 13.2 Å². The molecule has 0 bridgehead atoms. The smallest absolute Gasteiger partial charge is 0.400 e. The van der Waals surface area contributed by atoms with Crippen molar-refractivity contribution in [3.8, 4) is 0 Å². The van der Waals surface area contributed by atoms with E-state index in [1.807, 2.05) is 0 Å². The van der Waals surface area contributed by atoms with Crippen molar-refractivity contribution in [1.82, 2.24) is 15.5 Å². The summed E-state index contributed by atoms with van der Waals surface area (Å²) in [4.78, 5) is 1.40. The summed E-state index contributed by atoms with van der Waals surface area (Å²) in [7, 11) is 0. The second-order valence-electron chi connectivity index (χ2n) is 4.04. The Hall–Kier alpha value is -0.950. The second kappa shape index (κ2) is 4.14. The molecule has 1 saturated heterocycles. The van der Waals surface area contributed by atoms with Crippen molar-refractivity contribution in [1.29, 1.82) is 0 Å². The molecule has 2 heterocycles. The van der Waals surface area contributed by atoms with Crippen LogP contribution in [0.15, 0.2) is 11.9 Å². The van der Waals surface area contributed by atoms with E-state index in [9.17, 15) is 13.2 Å². The van der Waals surface area contributed by atoms with E-state index in [1.165, 1.54) is 4.90 Å². The monoisotopic (exact) mass is 236 g/mol. The molecule has 0 saturated carbocycles. The van der Waals surface area contributed by atoms with Gasteiger partial charge in [0.2, 0.25) is 0 Å². The lowest BCUT2D eigenvalue weighted by molar-refractivity contribution is -0.185. The zero-order valence-electron chi connectivity index (χ0n) is 8.72. The van der Waals surface area contributed by atoms with Crippen LogP contribution >= 0.6 is 0 Å². The summed E-state index contributed by atoms with van der Waals surface area (Å²) >= 11 is 0. The number of hydrogen-bond acceptors (Lipinski definition) is 4. The Kier molecular flexibility index (Phi) is 2.98. The van der Waals surface area contributed by atoms with E-state index in [0.717, 1.165) is 0 Å². The van der Waals surface area contributed by atoms with Gasteiger partial charge in [-0.3, -0.25) is 10.2 Å². The third-order valence-corrected chi connectivity index (χ3v) is 2.97. The van der Waals surface area contributed by atoms with Gasteiger partial charge in [0, 0.05) is 31.5 Å². The largest absolute Gasteiger partial charge is 0.417 e. The van der Waals surface area contributed by atoms with Crippen LogP contribution < -0.4 is 16.4 Å². The molecule has 2 aliphatic rings. The number of alkyl halides is 3. The summed E-state index contributed by atoms with van der Waals surface area (Å²) in [5.41, 5.74) is 6.20. The van der Waals surface area contributed by atoms with Crippen LogP contribution in [0, 0.1) is 0 Å². The van der Waals surface area contributed by atoms with Gasteiger partial charge in [-0.25, -0.2) is 0 Å². The first-order chi connectivity index (χ1) is 7.50. The molecule has 4 N–H and O–H groups in total. The Morgan fingerprint density at radius 3 is 2.75 bits per heavy atom. The van der Waals surface area contributed by atoms with Crippen LogP contribution in [-0.4, -0.2) is 42.9 Å². The van der Waals surface area contributed by atoms with Crippen molar-refractivity contribution in [2.75, 3.05) is 19.6 Å². The lowest BCUT2D eigenvalue weighted by atomic mass is 10.1. The van der Waals surface area contributed by atoms with Crippen LogP contribution in [0.25, 0.3) is 0 Å². The maximum absolute atomic E-state index is 12.7. The summed E-state index contributed by atoms with van der Waals surface area (Å²) < 4.78 is 38.1. The molecule has 2 aliphatic heterocycles. The number of nitrogens with two attached hydrogens (primary N) is 1. The molecule has 0 aliphatic carbocycles. The summed E-state index contributed by atoms with van der Waals surface area (Å²) in [6, 6.07) is -0.317. The fourth-order valence-corrected chi connectivity index (χ4v) is 2.25. The highest BCUT2D eigenvalue weighted by molar-refractivity contribution is 5.11. The normalized spacial score (nSPS) is 32.3. The van der Waals surface area contributed by atoms with Crippen LogP contribution in [0.2, 0.25) is 0 Å². The molecule has 0 aromatic carbocycles. The van der Waals surface area contributed by atoms with Gasteiger partial charge in [0.05, 0.1) is 6.04 Å². The molecule has 0 radical (unpaired) electrons. The highest BCUT2D eigenvalue weighted by Crippen LogP contribution is 2.29. The van der Waals surface area contributed by atoms with E-state index in [-0.39, 0.29) is 6.04 Å². The third kappa shape index (κ3) is 2.10. The van der Waals surface area contributed by atoms with Gasteiger partial charge in [-0.05, 0) is 6.42 Å². The van der Waals surface area contributed by atoms with Gasteiger partial charge < -0.3 is 11.1 Å². The summed E-state index contributed by atoms with van der Waals surface area (Å²) in [5, 5.41) is 5.39. The molecule has 0 aromatic heterocycles. The molecular weight excluding hydrogens is 221 g/mol. The molecule has 0 aromatic rings. The molecule has 4 nitrogen and oxygen atoms in total. The minimum absolute atomic E-state index is 0.317. The molecule has 2 atom stereocenters. The van der Waals surface area contributed by atoms with Gasteiger partial charge >= 0.3 is 6.18 Å². The van der Waals surface area contributed by atoms with E-state index in [4.69, 9.17) is 5.73 Å². The van der Waals surface area contributed by atoms with Crippen LogP contribution in [0.4, 0.5) is 13.2 Å². The van der Waals surface area contributed by atoms with Gasteiger partial charge in [0.1, 0.15) is 0 Å². The van der Waals surface area contributed by atoms with E-state index in [1.54, 1.807) is 6.20 Å². The highest BCUT2D eigenvalue weighted by atomic mass is 19.4. The minimum atomic E-state index is -4.25. The number of nitrogens with one attached hydrogen (secondary N) is 2. The van der Waals surface area contributed by atoms with Crippen molar-refractivity contribution in [3.63, 3.8) is 0 Å². The Bertz CT molecular complexity index is 289. The van der Waals surface area contributed by atoms with Gasteiger partial charge in [0.15, 0.2) is 6.17 Å². The zero-order valence-corrected chi connectivity index (χ0v) is 8.72. The number of rotatable bonds is 1. The molecule has 2 rings (SSSR count). The molecule has 92 valence electrons. The predicted molar refractivity (Wildman–Crippen MR) is 53.2 cm³/mol. The maximum Gasteiger partial charge on any atom is 0.417 e. The number of nitrogens with zero attached hydrogens (tertiary/aromatic N) is 1. The zero-order chi connectivity index (χ0) is 11.8. The average molecular weight is 236 g/mol. The second-order valence-corrected chi connectivity index (χ2v) is 4.04. The molecule has 16 heavy (non-hydrogen) atoms. The molecule has 0 spiro atoms. The summed E-state index contributed by atoms with van der Waals surface area (Å²) in [5.74, 6) is 0. The Morgan fingerprint density at radius 2 is 2.12 bits per heavy atom.